The van der Waals surface area contributed by atoms with E-state index in [1.807, 2.05) is 20.8 Å². The summed E-state index contributed by atoms with van der Waals surface area (Å²) in [6.07, 6.45) is -1.02. The van der Waals surface area contributed by atoms with Gasteiger partial charge in [0, 0.05) is 31.8 Å². The number of hydrogen-bond donors (Lipinski definition) is 1. The number of carbonyl (C=O) groups is 1. The Morgan fingerprint density at radius 1 is 1.39 bits per heavy atom. The van der Waals surface area contributed by atoms with Crippen LogP contribution < -0.4 is 4.90 Å². The Balaban J connectivity index is 2.38. The summed E-state index contributed by atoms with van der Waals surface area (Å²) in [5.41, 5.74) is -0.337. The first-order chi connectivity index (χ1) is 10.6. The molecule has 1 aromatic carbocycles. The maximum absolute atomic E-state index is 13.5. The van der Waals surface area contributed by atoms with Crippen LogP contribution >= 0.6 is 0 Å². The van der Waals surface area contributed by atoms with Crippen molar-refractivity contribution < 1.29 is 19.2 Å². The van der Waals surface area contributed by atoms with Crippen molar-refractivity contribution in [2.45, 2.75) is 26.8 Å². The number of rotatable bonds is 2. The Bertz CT molecular complexity index is 630. The van der Waals surface area contributed by atoms with Gasteiger partial charge < -0.3 is 14.9 Å². The molecule has 1 aromatic rings. The number of nitro benzene ring substituents is 1. The van der Waals surface area contributed by atoms with Crippen molar-refractivity contribution in [3.63, 3.8) is 0 Å². The second kappa shape index (κ2) is 6.02. The van der Waals surface area contributed by atoms with Gasteiger partial charge in [-0.25, -0.2) is 9.18 Å². The third-order valence-electron chi connectivity index (χ3n) is 4.10. The second-order valence-corrected chi connectivity index (χ2v) is 6.69. The van der Waals surface area contributed by atoms with E-state index in [9.17, 15) is 24.4 Å². The highest BCUT2D eigenvalue weighted by molar-refractivity contribution is 5.68. The van der Waals surface area contributed by atoms with Crippen LogP contribution in [0.5, 0.6) is 0 Å². The molecule has 1 amide bonds. The first-order valence-corrected chi connectivity index (χ1v) is 7.29. The lowest BCUT2D eigenvalue weighted by molar-refractivity contribution is -0.384. The van der Waals surface area contributed by atoms with Gasteiger partial charge in [0.1, 0.15) is 11.5 Å². The minimum absolute atomic E-state index is 0.178. The molecule has 0 spiro atoms. The molecule has 1 aliphatic rings. The second-order valence-electron chi connectivity index (χ2n) is 6.69. The largest absolute Gasteiger partial charge is 0.465 e. The molecule has 0 bridgehead atoms. The molecule has 0 saturated carbocycles. The zero-order chi connectivity index (χ0) is 17.4. The van der Waals surface area contributed by atoms with E-state index in [0.717, 1.165) is 18.2 Å². The van der Waals surface area contributed by atoms with Crippen LogP contribution in [0.4, 0.5) is 20.6 Å². The smallest absolute Gasteiger partial charge is 0.407 e. The number of hydrogen-bond acceptors (Lipinski definition) is 4. The Kier molecular flexibility index (Phi) is 4.44. The number of nitro groups is 1. The van der Waals surface area contributed by atoms with Gasteiger partial charge in [0.25, 0.3) is 5.69 Å². The van der Waals surface area contributed by atoms with Gasteiger partial charge >= 0.3 is 6.09 Å². The fourth-order valence-electron chi connectivity index (χ4n) is 2.88. The third kappa shape index (κ3) is 3.52. The first kappa shape index (κ1) is 17.0. The average Bonchev–Trinajstić information content (AvgIpc) is 2.45. The van der Waals surface area contributed by atoms with E-state index in [1.165, 1.54) is 4.90 Å². The predicted molar refractivity (Wildman–Crippen MR) is 83.2 cm³/mol. The molecule has 0 radical (unpaired) electrons. The number of piperazine rings is 1. The molecule has 1 heterocycles. The van der Waals surface area contributed by atoms with Gasteiger partial charge in [0.2, 0.25) is 0 Å². The van der Waals surface area contributed by atoms with Crippen molar-refractivity contribution in [2.24, 2.45) is 5.41 Å². The van der Waals surface area contributed by atoms with Crippen LogP contribution in [0.25, 0.3) is 0 Å². The highest BCUT2D eigenvalue weighted by Gasteiger charge is 2.39. The van der Waals surface area contributed by atoms with Crippen molar-refractivity contribution in [2.75, 3.05) is 24.5 Å². The minimum atomic E-state index is -1.02. The van der Waals surface area contributed by atoms with Gasteiger partial charge in [-0.2, -0.15) is 0 Å². The minimum Gasteiger partial charge on any atom is -0.465 e. The van der Waals surface area contributed by atoms with Crippen molar-refractivity contribution in [3.8, 4) is 0 Å². The summed E-state index contributed by atoms with van der Waals surface area (Å²) in [4.78, 5) is 25.1. The van der Waals surface area contributed by atoms with Crippen LogP contribution in [0.3, 0.4) is 0 Å². The highest BCUT2D eigenvalue weighted by atomic mass is 19.1. The fraction of sp³-hybridized carbons (Fsp3) is 0.533. The maximum Gasteiger partial charge on any atom is 0.407 e. The van der Waals surface area contributed by atoms with E-state index in [1.54, 1.807) is 4.90 Å². The summed E-state index contributed by atoms with van der Waals surface area (Å²) < 4.78 is 13.5. The summed E-state index contributed by atoms with van der Waals surface area (Å²) >= 11 is 0. The zero-order valence-corrected chi connectivity index (χ0v) is 13.3. The van der Waals surface area contributed by atoms with Gasteiger partial charge in [-0.15, -0.1) is 0 Å². The Labute approximate surface area is 133 Å². The molecule has 1 unspecified atom stereocenters. The molecular weight excluding hydrogens is 305 g/mol. The van der Waals surface area contributed by atoms with E-state index in [0.29, 0.717) is 0 Å². The molecule has 23 heavy (non-hydrogen) atoms. The van der Waals surface area contributed by atoms with Gasteiger partial charge in [0.05, 0.1) is 11.0 Å². The number of amides is 1. The maximum atomic E-state index is 13.5. The monoisotopic (exact) mass is 325 g/mol. The van der Waals surface area contributed by atoms with Crippen molar-refractivity contribution in [3.05, 3.63) is 34.1 Å². The number of nitrogens with zero attached hydrogens (tertiary/aromatic N) is 3. The normalized spacial score (nSPS) is 18.9. The predicted octanol–water partition coefficient (Wildman–Crippen LogP) is 2.95. The molecule has 2 rings (SSSR count). The van der Waals surface area contributed by atoms with Crippen LogP contribution in [-0.4, -0.2) is 46.7 Å². The quantitative estimate of drug-likeness (QED) is 0.667. The lowest BCUT2D eigenvalue weighted by atomic mass is 9.84. The molecular formula is C15H20FN3O4. The van der Waals surface area contributed by atoms with Crippen LogP contribution in [0.15, 0.2) is 18.2 Å². The number of carboxylic acid groups (broad SMARTS) is 1. The Hall–Kier alpha value is -2.38. The van der Waals surface area contributed by atoms with Crippen LogP contribution in [0.1, 0.15) is 20.8 Å². The molecule has 1 fully saturated rings. The lowest BCUT2D eigenvalue weighted by Crippen LogP contribution is -2.59. The molecule has 1 N–H and O–H groups in total. The summed E-state index contributed by atoms with van der Waals surface area (Å²) in [6, 6.07) is 2.97. The van der Waals surface area contributed by atoms with E-state index in [4.69, 9.17) is 0 Å². The van der Waals surface area contributed by atoms with E-state index in [2.05, 4.69) is 0 Å². The first-order valence-electron chi connectivity index (χ1n) is 7.29. The Morgan fingerprint density at radius 2 is 2.04 bits per heavy atom. The fourth-order valence-corrected chi connectivity index (χ4v) is 2.88. The zero-order valence-electron chi connectivity index (χ0n) is 13.3. The number of anilines is 1. The Morgan fingerprint density at radius 3 is 2.57 bits per heavy atom. The molecule has 1 atom stereocenters. The average molecular weight is 325 g/mol. The summed E-state index contributed by atoms with van der Waals surface area (Å²) in [6.45, 7) is 6.51. The lowest BCUT2D eigenvalue weighted by Gasteiger charge is -2.46. The topological polar surface area (TPSA) is 86.9 Å². The molecule has 0 aliphatic carbocycles. The number of halogens is 1. The highest BCUT2D eigenvalue weighted by Crippen LogP contribution is 2.34. The van der Waals surface area contributed by atoms with Crippen molar-refractivity contribution in [1.82, 2.24) is 4.90 Å². The van der Waals surface area contributed by atoms with Crippen molar-refractivity contribution in [1.29, 1.82) is 0 Å². The molecule has 1 aliphatic heterocycles. The van der Waals surface area contributed by atoms with E-state index < -0.39 is 16.8 Å². The molecule has 0 aromatic heterocycles. The molecule has 126 valence electrons. The molecule has 1 saturated heterocycles. The van der Waals surface area contributed by atoms with Gasteiger partial charge in [-0.1, -0.05) is 20.8 Å². The van der Waals surface area contributed by atoms with Crippen LogP contribution in [-0.2, 0) is 0 Å². The van der Waals surface area contributed by atoms with Gasteiger partial charge in [-0.05, 0) is 11.5 Å². The summed E-state index contributed by atoms with van der Waals surface area (Å²) in [5, 5.41) is 20.5. The molecule has 8 heteroatoms. The van der Waals surface area contributed by atoms with Gasteiger partial charge in [0.15, 0.2) is 0 Å². The van der Waals surface area contributed by atoms with E-state index >= 15 is 0 Å². The summed E-state index contributed by atoms with van der Waals surface area (Å²) in [7, 11) is 0. The van der Waals surface area contributed by atoms with Gasteiger partial charge in [-0.3, -0.25) is 10.1 Å². The third-order valence-corrected chi connectivity index (χ3v) is 4.10. The molecule has 7 nitrogen and oxygen atoms in total. The van der Waals surface area contributed by atoms with Crippen LogP contribution in [0, 0.1) is 21.3 Å². The number of benzene rings is 1. The van der Waals surface area contributed by atoms with E-state index in [-0.39, 0.29) is 42.5 Å². The van der Waals surface area contributed by atoms with Crippen molar-refractivity contribution >= 4 is 17.5 Å². The summed E-state index contributed by atoms with van der Waals surface area (Å²) in [5.74, 6) is -0.557. The van der Waals surface area contributed by atoms with Crippen LogP contribution in [0.2, 0.25) is 0 Å². The standard InChI is InChI=1S/C15H20FN3O4/c1-15(2,3)13-9-17(6-7-18(13)14(20)21)12-8-10(16)4-5-11(12)19(22)23/h4-5,8,13H,6-7,9H2,1-3H3,(H,20,21). The SMILES string of the molecule is CC(C)(C)C1CN(c2cc(F)ccc2[N+](=O)[O-])CCN1C(=O)O.